The molecule has 2 heterocycles. The van der Waals surface area contributed by atoms with Crippen LogP contribution in [0.1, 0.15) is 76.2 Å². The highest BCUT2D eigenvalue weighted by molar-refractivity contribution is 5.97. The molecule has 1 saturated heterocycles. The van der Waals surface area contributed by atoms with Crippen molar-refractivity contribution >= 4 is 23.7 Å². The van der Waals surface area contributed by atoms with Crippen LogP contribution in [0.15, 0.2) is 18.6 Å². The number of ether oxygens (including phenoxy) is 1. The fraction of sp³-hybridized carbons (Fsp3) is 0.680. The molecule has 0 radical (unpaired) electrons. The summed E-state index contributed by atoms with van der Waals surface area (Å²) in [7, 11) is 1.31. The summed E-state index contributed by atoms with van der Waals surface area (Å²) < 4.78 is 4.89. The Kier molecular flexibility index (Phi) is 8.80. The van der Waals surface area contributed by atoms with Gasteiger partial charge in [0.05, 0.1) is 13.3 Å². The van der Waals surface area contributed by atoms with E-state index in [4.69, 9.17) is 4.74 Å². The lowest BCUT2D eigenvalue weighted by molar-refractivity contribution is -0.153. The van der Waals surface area contributed by atoms with E-state index in [1.54, 1.807) is 0 Å². The molecule has 10 nitrogen and oxygen atoms in total. The normalized spacial score (nSPS) is 20.6. The quantitative estimate of drug-likeness (QED) is 0.561. The molecule has 192 valence electrons. The van der Waals surface area contributed by atoms with E-state index in [1.807, 2.05) is 20.8 Å². The number of hydrogen-bond acceptors (Lipinski definition) is 7. The monoisotopic (exact) mass is 487 g/mol. The molecule has 1 aliphatic carbocycles. The van der Waals surface area contributed by atoms with Gasteiger partial charge in [-0.1, -0.05) is 40.0 Å². The van der Waals surface area contributed by atoms with Gasteiger partial charge in [0.15, 0.2) is 0 Å². The highest BCUT2D eigenvalue weighted by Crippen LogP contribution is 2.29. The van der Waals surface area contributed by atoms with Crippen molar-refractivity contribution in [2.24, 2.45) is 11.3 Å². The van der Waals surface area contributed by atoms with Crippen molar-refractivity contribution in [2.75, 3.05) is 13.7 Å². The Morgan fingerprint density at radius 2 is 1.74 bits per heavy atom. The van der Waals surface area contributed by atoms with Crippen molar-refractivity contribution in [1.29, 1.82) is 0 Å². The third-order valence-corrected chi connectivity index (χ3v) is 6.89. The minimum Gasteiger partial charge on any atom is -0.467 e. The first-order chi connectivity index (χ1) is 16.6. The molecule has 3 atom stereocenters. The van der Waals surface area contributed by atoms with Crippen LogP contribution in [0.2, 0.25) is 0 Å². The third kappa shape index (κ3) is 6.55. The molecular weight excluding hydrogens is 450 g/mol. The summed E-state index contributed by atoms with van der Waals surface area (Å²) >= 11 is 0. The molecule has 3 unspecified atom stereocenters. The second-order valence-corrected chi connectivity index (χ2v) is 10.5. The van der Waals surface area contributed by atoms with Crippen LogP contribution in [0.4, 0.5) is 0 Å². The van der Waals surface area contributed by atoms with Gasteiger partial charge in [0.1, 0.15) is 23.8 Å². The minimum atomic E-state index is -0.875. The first-order valence-electron chi connectivity index (χ1n) is 12.4. The van der Waals surface area contributed by atoms with Gasteiger partial charge in [0.2, 0.25) is 11.8 Å². The topological polar surface area (TPSA) is 131 Å². The number of carbonyl (C=O) groups excluding carboxylic acids is 4. The van der Waals surface area contributed by atoms with Crippen molar-refractivity contribution in [3.63, 3.8) is 0 Å². The van der Waals surface area contributed by atoms with Gasteiger partial charge >= 0.3 is 5.97 Å². The first kappa shape index (κ1) is 26.6. The molecule has 3 rings (SSSR count). The van der Waals surface area contributed by atoms with Gasteiger partial charge in [-0.05, 0) is 37.0 Å². The van der Waals surface area contributed by atoms with Crippen molar-refractivity contribution in [1.82, 2.24) is 25.5 Å². The molecule has 35 heavy (non-hydrogen) atoms. The first-order valence-corrected chi connectivity index (χ1v) is 12.4. The van der Waals surface area contributed by atoms with E-state index < -0.39 is 41.3 Å². The summed E-state index contributed by atoms with van der Waals surface area (Å²) in [6.07, 6.45) is 10.1. The average Bonchev–Trinajstić information content (AvgIpc) is 3.35. The molecule has 3 amide bonds. The average molecular weight is 488 g/mol. The fourth-order valence-electron chi connectivity index (χ4n) is 4.95. The van der Waals surface area contributed by atoms with Gasteiger partial charge in [-0.3, -0.25) is 19.4 Å². The van der Waals surface area contributed by atoms with E-state index in [0.29, 0.717) is 19.4 Å². The molecule has 2 aliphatic rings. The lowest BCUT2D eigenvalue weighted by atomic mass is 9.82. The van der Waals surface area contributed by atoms with Crippen molar-refractivity contribution in [3.8, 4) is 0 Å². The number of amides is 3. The number of aromatic nitrogens is 2. The second-order valence-electron chi connectivity index (χ2n) is 10.5. The highest BCUT2D eigenvalue weighted by atomic mass is 16.5. The van der Waals surface area contributed by atoms with Gasteiger partial charge in [-0.25, -0.2) is 9.78 Å². The van der Waals surface area contributed by atoms with Gasteiger partial charge in [0, 0.05) is 18.9 Å². The van der Waals surface area contributed by atoms with E-state index in [-0.39, 0.29) is 17.5 Å². The third-order valence-electron chi connectivity index (χ3n) is 6.89. The summed E-state index contributed by atoms with van der Waals surface area (Å²) in [6.45, 7) is 6.03. The SMILES string of the molecule is COC(=O)C1CCCN1C(=O)C(NC(=O)C(NC(=O)c1cnccn1)C1CCCCC1)C(C)(C)C. The summed E-state index contributed by atoms with van der Waals surface area (Å²) in [5.74, 6) is -1.70. The van der Waals surface area contributed by atoms with Crippen LogP contribution in [0, 0.1) is 11.3 Å². The van der Waals surface area contributed by atoms with Gasteiger partial charge < -0.3 is 20.3 Å². The summed E-state index contributed by atoms with van der Waals surface area (Å²) in [4.78, 5) is 61.8. The van der Waals surface area contributed by atoms with Crippen LogP contribution in [-0.4, -0.2) is 70.3 Å². The molecule has 2 fully saturated rings. The molecule has 10 heteroatoms. The van der Waals surface area contributed by atoms with Gasteiger partial charge in [-0.15, -0.1) is 0 Å². The predicted molar refractivity (Wildman–Crippen MR) is 128 cm³/mol. The maximum absolute atomic E-state index is 13.6. The number of likely N-dealkylation sites (tertiary alicyclic amines) is 1. The zero-order valence-corrected chi connectivity index (χ0v) is 21.1. The van der Waals surface area contributed by atoms with Crippen molar-refractivity contribution < 1.29 is 23.9 Å². The molecule has 0 bridgehead atoms. The Bertz CT molecular complexity index is 911. The van der Waals surface area contributed by atoms with Crippen molar-refractivity contribution in [2.45, 2.75) is 83.8 Å². The number of esters is 1. The summed E-state index contributed by atoms with van der Waals surface area (Å²) in [5.41, 5.74) is -0.496. The Balaban J connectivity index is 1.82. The zero-order valence-electron chi connectivity index (χ0n) is 21.1. The van der Waals surface area contributed by atoms with Crippen LogP contribution < -0.4 is 10.6 Å². The van der Waals surface area contributed by atoms with E-state index in [0.717, 1.165) is 32.1 Å². The molecule has 0 aromatic carbocycles. The fourth-order valence-corrected chi connectivity index (χ4v) is 4.95. The van der Waals surface area contributed by atoms with Crippen LogP contribution >= 0.6 is 0 Å². The number of methoxy groups -OCH3 is 1. The predicted octanol–water partition coefficient (Wildman–Crippen LogP) is 1.85. The van der Waals surface area contributed by atoms with Crippen LogP contribution in [-0.2, 0) is 19.1 Å². The van der Waals surface area contributed by atoms with Crippen LogP contribution in [0.25, 0.3) is 0 Å². The Labute approximate surface area is 206 Å². The minimum absolute atomic E-state index is 0.0466. The maximum Gasteiger partial charge on any atom is 0.328 e. The second kappa shape index (κ2) is 11.6. The molecule has 2 N–H and O–H groups in total. The van der Waals surface area contributed by atoms with Gasteiger partial charge in [0.25, 0.3) is 5.91 Å². The Hall–Kier alpha value is -3.04. The van der Waals surface area contributed by atoms with E-state index in [2.05, 4.69) is 20.6 Å². The lowest BCUT2D eigenvalue weighted by Crippen LogP contribution is -2.61. The number of rotatable bonds is 7. The standard InChI is InChI=1S/C25H37N5O5/c1-25(2,3)20(23(33)30-14-8-11-18(30)24(34)35-4)29-22(32)19(16-9-6-5-7-10-16)28-21(31)17-15-26-12-13-27-17/h12-13,15-16,18-20H,5-11,14H2,1-4H3,(H,28,31)(H,29,32). The molecule has 1 aromatic heterocycles. The smallest absolute Gasteiger partial charge is 0.328 e. The maximum atomic E-state index is 13.6. The molecule has 1 saturated carbocycles. The van der Waals surface area contributed by atoms with Crippen LogP contribution in [0.3, 0.4) is 0 Å². The summed E-state index contributed by atoms with van der Waals surface area (Å²) in [5, 5.41) is 5.78. The number of nitrogens with zero attached hydrogens (tertiary/aromatic N) is 3. The molecule has 1 aromatic rings. The Morgan fingerprint density at radius 1 is 1.03 bits per heavy atom. The summed E-state index contributed by atoms with van der Waals surface area (Å²) in [6, 6.07) is -2.34. The van der Waals surface area contributed by atoms with Crippen LogP contribution in [0.5, 0.6) is 0 Å². The molecular formula is C25H37N5O5. The number of carbonyl (C=O) groups is 4. The molecule has 1 aliphatic heterocycles. The molecule has 0 spiro atoms. The number of hydrogen-bond donors (Lipinski definition) is 2. The largest absolute Gasteiger partial charge is 0.467 e. The van der Waals surface area contributed by atoms with Gasteiger partial charge in [-0.2, -0.15) is 0 Å². The lowest BCUT2D eigenvalue weighted by Gasteiger charge is -2.37. The van der Waals surface area contributed by atoms with E-state index >= 15 is 0 Å². The van der Waals surface area contributed by atoms with E-state index in [1.165, 1.54) is 30.6 Å². The zero-order chi connectivity index (χ0) is 25.6. The number of nitrogens with one attached hydrogen (secondary N) is 2. The Morgan fingerprint density at radius 3 is 2.34 bits per heavy atom. The highest BCUT2D eigenvalue weighted by Gasteiger charge is 2.43. The van der Waals surface area contributed by atoms with Crippen molar-refractivity contribution in [3.05, 3.63) is 24.3 Å². The van der Waals surface area contributed by atoms with E-state index in [9.17, 15) is 19.2 Å².